The number of benzene rings is 1. The maximum absolute atomic E-state index is 12.3. The van der Waals surface area contributed by atoms with E-state index in [9.17, 15) is 9.59 Å². The fourth-order valence-electron chi connectivity index (χ4n) is 2.10. The highest BCUT2D eigenvalue weighted by atomic mass is 16.5. The monoisotopic (exact) mass is 259 g/mol. The van der Waals surface area contributed by atoms with Crippen molar-refractivity contribution in [3.05, 3.63) is 47.7 Å². The van der Waals surface area contributed by atoms with Crippen LogP contribution in [0, 0.1) is 0 Å². The number of hydrogen-bond donors (Lipinski definition) is 0. The van der Waals surface area contributed by atoms with Gasteiger partial charge < -0.3 is 9.64 Å². The van der Waals surface area contributed by atoms with Crippen molar-refractivity contribution in [2.75, 3.05) is 7.11 Å². The van der Waals surface area contributed by atoms with E-state index in [1.807, 2.05) is 19.1 Å². The molecule has 0 N–H and O–H groups in total. The second-order valence-corrected chi connectivity index (χ2v) is 4.68. The fourth-order valence-corrected chi connectivity index (χ4v) is 2.10. The molecule has 0 bridgehead atoms. The zero-order chi connectivity index (χ0) is 13.8. The van der Waals surface area contributed by atoms with Gasteiger partial charge in [-0.15, -0.1) is 0 Å². The summed E-state index contributed by atoms with van der Waals surface area (Å²) in [7, 11) is 1.64. The van der Waals surface area contributed by atoms with Crippen molar-refractivity contribution in [2.45, 2.75) is 26.0 Å². The van der Waals surface area contributed by atoms with Gasteiger partial charge in [-0.3, -0.25) is 9.59 Å². The highest BCUT2D eigenvalue weighted by molar-refractivity contribution is 5.98. The molecule has 1 aromatic carbocycles. The number of rotatable bonds is 3. The van der Waals surface area contributed by atoms with Crippen LogP contribution in [0.4, 0.5) is 0 Å². The number of ether oxygens (including phenoxy) is 1. The molecule has 1 atom stereocenters. The molecule has 0 aromatic heterocycles. The highest BCUT2D eigenvalue weighted by Gasteiger charge is 2.24. The smallest absolute Gasteiger partial charge is 0.258 e. The van der Waals surface area contributed by atoms with Crippen LogP contribution in [0.25, 0.3) is 0 Å². The predicted octanol–water partition coefficient (Wildman–Crippen LogP) is 2.15. The Morgan fingerprint density at radius 1 is 1.37 bits per heavy atom. The summed E-state index contributed by atoms with van der Waals surface area (Å²) in [6, 6.07) is 7.23. The van der Waals surface area contributed by atoms with Gasteiger partial charge in [-0.1, -0.05) is 12.1 Å². The Labute approximate surface area is 112 Å². The lowest BCUT2D eigenvalue weighted by molar-refractivity contribution is -0.115. The molecule has 1 aliphatic heterocycles. The summed E-state index contributed by atoms with van der Waals surface area (Å²) in [5.74, 6) is -0.0211. The number of methoxy groups -OCH3 is 1. The van der Waals surface area contributed by atoms with Crippen molar-refractivity contribution in [3.8, 4) is 0 Å². The van der Waals surface area contributed by atoms with Crippen molar-refractivity contribution in [1.29, 1.82) is 0 Å². The van der Waals surface area contributed by atoms with E-state index in [2.05, 4.69) is 0 Å². The van der Waals surface area contributed by atoms with Gasteiger partial charge in [0.15, 0.2) is 5.78 Å². The van der Waals surface area contributed by atoms with E-state index in [4.69, 9.17) is 4.74 Å². The quantitative estimate of drug-likeness (QED) is 0.835. The summed E-state index contributed by atoms with van der Waals surface area (Å²) < 4.78 is 5.03. The van der Waals surface area contributed by atoms with E-state index in [-0.39, 0.29) is 17.7 Å². The number of nitrogens with zero attached hydrogens (tertiary/aromatic N) is 1. The van der Waals surface area contributed by atoms with Crippen molar-refractivity contribution < 1.29 is 14.3 Å². The van der Waals surface area contributed by atoms with Crippen LogP contribution in [0.15, 0.2) is 36.5 Å². The maximum atomic E-state index is 12.3. The van der Waals surface area contributed by atoms with Gasteiger partial charge in [0.25, 0.3) is 5.91 Å². The molecule has 1 aliphatic rings. The standard InChI is InChI=1S/C15H17NO3/c1-11-9-14(17)7-8-16(11)15(18)13-5-3-12(4-6-13)10-19-2/h3-8,11H,9-10H2,1-2H3. The normalized spacial score (nSPS) is 18.7. The Kier molecular flexibility index (Phi) is 4.12. The van der Waals surface area contributed by atoms with Gasteiger partial charge in [0.05, 0.1) is 6.61 Å². The largest absolute Gasteiger partial charge is 0.380 e. The Morgan fingerprint density at radius 3 is 2.63 bits per heavy atom. The van der Waals surface area contributed by atoms with Gasteiger partial charge in [0.1, 0.15) is 0 Å². The van der Waals surface area contributed by atoms with Crippen LogP contribution in [0.2, 0.25) is 0 Å². The Morgan fingerprint density at radius 2 is 2.05 bits per heavy atom. The minimum absolute atomic E-state index is 0.0620. The molecule has 0 saturated heterocycles. The first-order chi connectivity index (χ1) is 9.11. The molecule has 2 rings (SSSR count). The van der Waals surface area contributed by atoms with Crippen LogP contribution in [0.3, 0.4) is 0 Å². The van der Waals surface area contributed by atoms with Gasteiger partial charge in [0, 0.05) is 31.3 Å². The average molecular weight is 259 g/mol. The second kappa shape index (κ2) is 5.80. The third-order valence-electron chi connectivity index (χ3n) is 3.14. The minimum atomic E-state index is -0.0938. The molecular formula is C15H17NO3. The van der Waals surface area contributed by atoms with Crippen LogP contribution in [0.5, 0.6) is 0 Å². The van der Waals surface area contributed by atoms with E-state index >= 15 is 0 Å². The number of carbonyl (C=O) groups is 2. The first kappa shape index (κ1) is 13.5. The molecule has 100 valence electrons. The van der Waals surface area contributed by atoms with Crippen LogP contribution >= 0.6 is 0 Å². The molecule has 1 unspecified atom stereocenters. The summed E-state index contributed by atoms with van der Waals surface area (Å²) in [6.45, 7) is 2.40. The van der Waals surface area contributed by atoms with E-state index < -0.39 is 0 Å². The highest BCUT2D eigenvalue weighted by Crippen LogP contribution is 2.16. The number of ketones is 1. The van der Waals surface area contributed by atoms with Crippen LogP contribution in [-0.2, 0) is 16.1 Å². The van der Waals surface area contributed by atoms with Gasteiger partial charge in [0.2, 0.25) is 0 Å². The summed E-state index contributed by atoms with van der Waals surface area (Å²) in [4.78, 5) is 25.2. The summed E-state index contributed by atoms with van der Waals surface area (Å²) in [6.07, 6.45) is 3.41. The van der Waals surface area contributed by atoms with E-state index in [0.29, 0.717) is 18.6 Å². The molecule has 1 aromatic rings. The predicted molar refractivity (Wildman–Crippen MR) is 71.6 cm³/mol. The first-order valence-corrected chi connectivity index (χ1v) is 6.23. The lowest BCUT2D eigenvalue weighted by atomic mass is 10.0. The van der Waals surface area contributed by atoms with Crippen molar-refractivity contribution >= 4 is 11.7 Å². The van der Waals surface area contributed by atoms with Crippen molar-refractivity contribution in [3.63, 3.8) is 0 Å². The molecule has 0 aliphatic carbocycles. The first-order valence-electron chi connectivity index (χ1n) is 6.23. The number of allylic oxidation sites excluding steroid dienone is 1. The molecule has 0 radical (unpaired) electrons. The van der Waals surface area contributed by atoms with Gasteiger partial charge in [-0.05, 0) is 30.7 Å². The van der Waals surface area contributed by atoms with Crippen LogP contribution in [-0.4, -0.2) is 29.7 Å². The third-order valence-corrected chi connectivity index (χ3v) is 3.14. The topological polar surface area (TPSA) is 46.6 Å². The van der Waals surface area contributed by atoms with Gasteiger partial charge in [-0.2, -0.15) is 0 Å². The Bertz CT molecular complexity index is 505. The van der Waals surface area contributed by atoms with Crippen molar-refractivity contribution in [1.82, 2.24) is 4.90 Å². The van der Waals surface area contributed by atoms with Crippen LogP contribution < -0.4 is 0 Å². The summed E-state index contributed by atoms with van der Waals surface area (Å²) >= 11 is 0. The molecule has 0 fully saturated rings. The Hall–Kier alpha value is -1.94. The lowest BCUT2D eigenvalue weighted by Crippen LogP contribution is -2.38. The van der Waals surface area contributed by atoms with E-state index in [1.165, 1.54) is 6.08 Å². The van der Waals surface area contributed by atoms with Crippen molar-refractivity contribution in [2.24, 2.45) is 0 Å². The van der Waals surface area contributed by atoms with E-state index in [0.717, 1.165) is 5.56 Å². The minimum Gasteiger partial charge on any atom is -0.380 e. The number of carbonyl (C=O) groups excluding carboxylic acids is 2. The summed E-state index contributed by atoms with van der Waals surface area (Å²) in [5.41, 5.74) is 1.64. The number of hydrogen-bond acceptors (Lipinski definition) is 3. The zero-order valence-electron chi connectivity index (χ0n) is 11.1. The van der Waals surface area contributed by atoms with Crippen LogP contribution in [0.1, 0.15) is 29.3 Å². The van der Waals surface area contributed by atoms with Gasteiger partial charge >= 0.3 is 0 Å². The number of amides is 1. The average Bonchev–Trinajstić information content (AvgIpc) is 2.39. The second-order valence-electron chi connectivity index (χ2n) is 4.68. The molecule has 0 spiro atoms. The molecule has 1 heterocycles. The molecule has 0 saturated carbocycles. The molecular weight excluding hydrogens is 242 g/mol. The fraction of sp³-hybridized carbons (Fsp3) is 0.333. The third kappa shape index (κ3) is 3.09. The molecule has 4 nitrogen and oxygen atoms in total. The summed E-state index contributed by atoms with van der Waals surface area (Å²) in [5, 5.41) is 0. The SMILES string of the molecule is COCc1ccc(C(=O)N2C=CC(=O)CC2C)cc1. The lowest BCUT2D eigenvalue weighted by Gasteiger charge is -2.28. The van der Waals surface area contributed by atoms with Gasteiger partial charge in [-0.25, -0.2) is 0 Å². The molecule has 19 heavy (non-hydrogen) atoms. The molecule has 4 heteroatoms. The Balaban J connectivity index is 2.15. The van der Waals surface area contributed by atoms with E-state index in [1.54, 1.807) is 30.3 Å². The maximum Gasteiger partial charge on any atom is 0.258 e. The zero-order valence-corrected chi connectivity index (χ0v) is 11.1. The molecule has 1 amide bonds.